The highest BCUT2D eigenvalue weighted by atomic mass is 16.5. The van der Waals surface area contributed by atoms with E-state index in [2.05, 4.69) is 20.6 Å². The van der Waals surface area contributed by atoms with Crippen LogP contribution in [0.4, 0.5) is 4.79 Å². The minimum absolute atomic E-state index is 0.0675. The van der Waals surface area contributed by atoms with Gasteiger partial charge in [-0.25, -0.2) is 4.79 Å². The van der Waals surface area contributed by atoms with Crippen molar-refractivity contribution in [3.05, 3.63) is 18.0 Å². The van der Waals surface area contributed by atoms with Gasteiger partial charge >= 0.3 is 6.03 Å². The van der Waals surface area contributed by atoms with Crippen molar-refractivity contribution < 1.29 is 9.53 Å². The molecule has 2 amide bonds. The van der Waals surface area contributed by atoms with Gasteiger partial charge in [0.15, 0.2) is 11.5 Å². The standard InChI is InChI=1S/C12H16N6O2/c1-20-11-5-4-9-14-15-10(18(9)16-11)8-13-12(19)17-6-2-3-7-17/h4-5H,2-3,6-8H2,1H3,(H,13,19). The summed E-state index contributed by atoms with van der Waals surface area (Å²) in [5.74, 6) is 1.05. The van der Waals surface area contributed by atoms with E-state index in [1.165, 1.54) is 0 Å². The van der Waals surface area contributed by atoms with E-state index >= 15 is 0 Å². The molecule has 3 heterocycles. The summed E-state index contributed by atoms with van der Waals surface area (Å²) in [6.45, 7) is 1.92. The van der Waals surface area contributed by atoms with Crippen LogP contribution < -0.4 is 10.1 Å². The van der Waals surface area contributed by atoms with E-state index in [4.69, 9.17) is 4.74 Å². The Morgan fingerprint density at radius 1 is 1.35 bits per heavy atom. The second-order valence-corrected chi connectivity index (χ2v) is 4.61. The zero-order valence-corrected chi connectivity index (χ0v) is 11.2. The molecule has 1 fully saturated rings. The predicted octanol–water partition coefficient (Wildman–Crippen LogP) is 0.438. The number of carbonyl (C=O) groups is 1. The Hall–Kier alpha value is -2.38. The van der Waals surface area contributed by atoms with E-state index in [0.29, 0.717) is 17.4 Å². The number of ether oxygens (including phenoxy) is 1. The number of fused-ring (bicyclic) bond motifs is 1. The predicted molar refractivity (Wildman–Crippen MR) is 70.4 cm³/mol. The van der Waals surface area contributed by atoms with Crippen LogP contribution in [0.3, 0.4) is 0 Å². The molecule has 0 atom stereocenters. The maximum atomic E-state index is 11.9. The molecule has 20 heavy (non-hydrogen) atoms. The largest absolute Gasteiger partial charge is 0.480 e. The third-order valence-corrected chi connectivity index (χ3v) is 3.30. The Kier molecular flexibility index (Phi) is 3.36. The monoisotopic (exact) mass is 276 g/mol. The van der Waals surface area contributed by atoms with Crippen LogP contribution in [0.2, 0.25) is 0 Å². The Morgan fingerprint density at radius 3 is 2.90 bits per heavy atom. The molecule has 0 aliphatic carbocycles. The average Bonchev–Trinajstić information content (AvgIpc) is 3.13. The van der Waals surface area contributed by atoms with Crippen molar-refractivity contribution in [3.8, 4) is 5.88 Å². The lowest BCUT2D eigenvalue weighted by atomic mass is 10.4. The maximum Gasteiger partial charge on any atom is 0.317 e. The molecule has 1 aliphatic heterocycles. The van der Waals surface area contributed by atoms with Gasteiger partial charge in [0.05, 0.1) is 13.7 Å². The maximum absolute atomic E-state index is 11.9. The Morgan fingerprint density at radius 2 is 2.15 bits per heavy atom. The van der Waals surface area contributed by atoms with Crippen LogP contribution in [-0.2, 0) is 6.54 Å². The second kappa shape index (κ2) is 5.32. The zero-order valence-electron chi connectivity index (χ0n) is 11.2. The van der Waals surface area contributed by atoms with Gasteiger partial charge in [-0.15, -0.1) is 15.3 Å². The third kappa shape index (κ3) is 2.36. The van der Waals surface area contributed by atoms with Crippen LogP contribution in [0.1, 0.15) is 18.7 Å². The first kappa shape index (κ1) is 12.6. The SMILES string of the molecule is COc1ccc2nnc(CNC(=O)N3CCCC3)n2n1. The van der Waals surface area contributed by atoms with Crippen LogP contribution in [0.15, 0.2) is 12.1 Å². The highest BCUT2D eigenvalue weighted by molar-refractivity contribution is 5.74. The van der Waals surface area contributed by atoms with Crippen molar-refractivity contribution in [2.45, 2.75) is 19.4 Å². The number of urea groups is 1. The lowest BCUT2D eigenvalue weighted by Crippen LogP contribution is -2.37. The van der Waals surface area contributed by atoms with Crippen LogP contribution >= 0.6 is 0 Å². The van der Waals surface area contributed by atoms with E-state index in [1.807, 2.05) is 0 Å². The van der Waals surface area contributed by atoms with Gasteiger partial charge in [0.25, 0.3) is 0 Å². The van der Waals surface area contributed by atoms with Gasteiger partial charge in [0.1, 0.15) is 0 Å². The molecule has 2 aromatic heterocycles. The number of methoxy groups -OCH3 is 1. The van der Waals surface area contributed by atoms with Gasteiger partial charge in [-0.2, -0.15) is 4.52 Å². The lowest BCUT2D eigenvalue weighted by molar-refractivity contribution is 0.208. The third-order valence-electron chi connectivity index (χ3n) is 3.30. The Balaban J connectivity index is 1.72. The molecular weight excluding hydrogens is 260 g/mol. The van der Waals surface area contributed by atoms with Crippen LogP contribution in [0, 0.1) is 0 Å². The number of carbonyl (C=O) groups excluding carboxylic acids is 1. The summed E-state index contributed by atoms with van der Waals surface area (Å²) < 4.78 is 6.64. The minimum Gasteiger partial charge on any atom is -0.480 e. The molecule has 0 saturated carbocycles. The fourth-order valence-electron chi connectivity index (χ4n) is 2.22. The smallest absolute Gasteiger partial charge is 0.317 e. The van der Waals surface area contributed by atoms with Crippen molar-refractivity contribution in [1.29, 1.82) is 0 Å². The van der Waals surface area contributed by atoms with Crippen LogP contribution in [0.25, 0.3) is 5.65 Å². The quantitative estimate of drug-likeness (QED) is 0.879. The van der Waals surface area contributed by atoms with Gasteiger partial charge < -0.3 is 15.0 Å². The van der Waals surface area contributed by atoms with Crippen molar-refractivity contribution in [2.75, 3.05) is 20.2 Å². The van der Waals surface area contributed by atoms with Gasteiger partial charge in [0.2, 0.25) is 5.88 Å². The molecule has 2 aromatic rings. The first-order chi connectivity index (χ1) is 9.78. The molecule has 0 unspecified atom stereocenters. The minimum atomic E-state index is -0.0675. The average molecular weight is 276 g/mol. The number of rotatable bonds is 3. The number of nitrogens with one attached hydrogen (secondary N) is 1. The molecule has 0 bridgehead atoms. The lowest BCUT2D eigenvalue weighted by Gasteiger charge is -2.15. The van der Waals surface area contributed by atoms with Crippen molar-refractivity contribution >= 4 is 11.7 Å². The van der Waals surface area contributed by atoms with E-state index < -0.39 is 0 Å². The summed E-state index contributed by atoms with van der Waals surface area (Å²) in [4.78, 5) is 13.7. The molecule has 0 radical (unpaired) electrons. The van der Waals surface area contributed by atoms with Crippen molar-refractivity contribution in [2.24, 2.45) is 0 Å². The number of hydrogen-bond donors (Lipinski definition) is 1. The molecule has 0 aromatic carbocycles. The molecule has 1 saturated heterocycles. The van der Waals surface area contributed by atoms with Gasteiger partial charge in [-0.05, 0) is 18.9 Å². The van der Waals surface area contributed by atoms with Gasteiger partial charge in [-0.3, -0.25) is 0 Å². The summed E-state index contributed by atoms with van der Waals surface area (Å²) in [5.41, 5.74) is 0.622. The summed E-state index contributed by atoms with van der Waals surface area (Å²) in [6.07, 6.45) is 2.14. The number of hydrogen-bond acceptors (Lipinski definition) is 5. The van der Waals surface area contributed by atoms with E-state index in [-0.39, 0.29) is 12.6 Å². The first-order valence-corrected chi connectivity index (χ1v) is 6.56. The van der Waals surface area contributed by atoms with Gasteiger partial charge in [-0.1, -0.05) is 0 Å². The van der Waals surface area contributed by atoms with Crippen LogP contribution in [0.5, 0.6) is 5.88 Å². The molecule has 1 aliphatic rings. The van der Waals surface area contributed by atoms with Crippen molar-refractivity contribution in [1.82, 2.24) is 30.0 Å². The highest BCUT2D eigenvalue weighted by Gasteiger charge is 2.18. The molecular formula is C12H16N6O2. The molecule has 8 nitrogen and oxygen atoms in total. The fourth-order valence-corrected chi connectivity index (χ4v) is 2.22. The molecule has 1 N–H and O–H groups in total. The molecule has 8 heteroatoms. The topological polar surface area (TPSA) is 84.7 Å². The van der Waals surface area contributed by atoms with Crippen molar-refractivity contribution in [3.63, 3.8) is 0 Å². The first-order valence-electron chi connectivity index (χ1n) is 6.56. The number of likely N-dealkylation sites (tertiary alicyclic amines) is 1. The fraction of sp³-hybridized carbons (Fsp3) is 0.500. The summed E-state index contributed by atoms with van der Waals surface area (Å²) >= 11 is 0. The number of nitrogens with zero attached hydrogens (tertiary/aromatic N) is 5. The van der Waals surface area contributed by atoms with E-state index in [9.17, 15) is 4.79 Å². The Bertz CT molecular complexity index is 619. The Labute approximate surface area is 115 Å². The normalized spacial score (nSPS) is 14.8. The summed E-state index contributed by atoms with van der Waals surface area (Å²) in [6, 6.07) is 3.42. The van der Waals surface area contributed by atoms with Crippen LogP contribution in [-0.4, -0.2) is 50.9 Å². The molecule has 3 rings (SSSR count). The van der Waals surface area contributed by atoms with E-state index in [0.717, 1.165) is 25.9 Å². The summed E-state index contributed by atoms with van der Waals surface area (Å²) in [7, 11) is 1.55. The van der Waals surface area contributed by atoms with Gasteiger partial charge in [0, 0.05) is 19.2 Å². The van der Waals surface area contributed by atoms with E-state index in [1.54, 1.807) is 28.7 Å². The molecule has 0 spiro atoms. The number of amides is 2. The number of aromatic nitrogens is 4. The molecule has 106 valence electrons. The second-order valence-electron chi connectivity index (χ2n) is 4.61. The zero-order chi connectivity index (χ0) is 13.9. The highest BCUT2D eigenvalue weighted by Crippen LogP contribution is 2.09. The summed E-state index contributed by atoms with van der Waals surface area (Å²) in [5, 5.41) is 15.1.